The van der Waals surface area contributed by atoms with Gasteiger partial charge in [0.05, 0.1) is 23.0 Å². The Kier molecular flexibility index (Phi) is 2.44. The summed E-state index contributed by atoms with van der Waals surface area (Å²) in [5.41, 5.74) is 8.26. The number of hydrogen-bond donors (Lipinski definition) is 2. The molecular weight excluding hydrogens is 210 g/mol. The van der Waals surface area contributed by atoms with Gasteiger partial charge in [-0.15, -0.1) is 0 Å². The maximum absolute atomic E-state index is 8.80. The largest absolute Gasteiger partial charge is 0.397 e. The number of benzene rings is 1. The molecule has 17 heavy (non-hydrogen) atoms. The van der Waals surface area contributed by atoms with Crippen LogP contribution in [0.1, 0.15) is 31.2 Å². The third kappa shape index (κ3) is 1.84. The van der Waals surface area contributed by atoms with Crippen LogP contribution in [0.25, 0.3) is 0 Å². The summed E-state index contributed by atoms with van der Waals surface area (Å²) in [6.07, 6.45) is 5.43. The van der Waals surface area contributed by atoms with Crippen LogP contribution in [0.3, 0.4) is 0 Å². The highest BCUT2D eigenvalue weighted by molar-refractivity contribution is 5.68. The number of fused-ring (bicyclic) bond motifs is 2. The molecule has 3 unspecified atom stereocenters. The maximum Gasteiger partial charge on any atom is 0.0992 e. The van der Waals surface area contributed by atoms with Crippen LogP contribution in [-0.4, -0.2) is 6.04 Å². The Balaban J connectivity index is 1.75. The zero-order valence-electron chi connectivity index (χ0n) is 9.82. The van der Waals surface area contributed by atoms with Gasteiger partial charge in [0.25, 0.3) is 0 Å². The van der Waals surface area contributed by atoms with Crippen molar-refractivity contribution in [3.63, 3.8) is 0 Å². The molecule has 3 rings (SSSR count). The van der Waals surface area contributed by atoms with Gasteiger partial charge < -0.3 is 11.1 Å². The van der Waals surface area contributed by atoms with Crippen molar-refractivity contribution in [1.29, 1.82) is 5.26 Å². The Hall–Kier alpha value is -1.69. The van der Waals surface area contributed by atoms with Gasteiger partial charge in [-0.3, -0.25) is 0 Å². The highest BCUT2D eigenvalue weighted by Gasteiger charge is 2.39. The van der Waals surface area contributed by atoms with Gasteiger partial charge >= 0.3 is 0 Å². The molecule has 2 aliphatic rings. The van der Waals surface area contributed by atoms with E-state index in [2.05, 4.69) is 11.4 Å². The molecular formula is C14H17N3. The summed E-state index contributed by atoms with van der Waals surface area (Å²) < 4.78 is 0. The number of nitrogens with two attached hydrogens (primary N) is 1. The number of anilines is 2. The quantitative estimate of drug-likeness (QED) is 0.764. The van der Waals surface area contributed by atoms with Gasteiger partial charge in [-0.1, -0.05) is 6.42 Å². The summed E-state index contributed by atoms with van der Waals surface area (Å²) in [5.74, 6) is 1.76. The highest BCUT2D eigenvalue weighted by atomic mass is 15.0. The molecule has 0 spiro atoms. The average Bonchev–Trinajstić information content (AvgIpc) is 2.93. The fourth-order valence-electron chi connectivity index (χ4n) is 3.38. The molecule has 0 aromatic heterocycles. The van der Waals surface area contributed by atoms with Gasteiger partial charge in [0.1, 0.15) is 0 Å². The van der Waals surface area contributed by atoms with Crippen molar-refractivity contribution in [3.05, 3.63) is 23.8 Å². The van der Waals surface area contributed by atoms with Crippen molar-refractivity contribution in [3.8, 4) is 6.07 Å². The van der Waals surface area contributed by atoms with Crippen molar-refractivity contribution < 1.29 is 0 Å². The Morgan fingerprint density at radius 3 is 2.76 bits per heavy atom. The van der Waals surface area contributed by atoms with Crippen LogP contribution in [0.15, 0.2) is 18.2 Å². The van der Waals surface area contributed by atoms with E-state index < -0.39 is 0 Å². The second kappa shape index (κ2) is 3.96. The molecule has 1 aromatic carbocycles. The third-order valence-electron chi connectivity index (χ3n) is 4.26. The van der Waals surface area contributed by atoms with Gasteiger partial charge in [-0.2, -0.15) is 5.26 Å². The van der Waals surface area contributed by atoms with Gasteiger partial charge in [-0.05, 0) is 49.3 Å². The summed E-state index contributed by atoms with van der Waals surface area (Å²) in [4.78, 5) is 0. The number of nitriles is 1. The molecule has 2 fully saturated rings. The van der Waals surface area contributed by atoms with Crippen LogP contribution in [0.2, 0.25) is 0 Å². The summed E-state index contributed by atoms with van der Waals surface area (Å²) in [6.45, 7) is 0. The minimum Gasteiger partial charge on any atom is -0.397 e. The molecule has 3 atom stereocenters. The smallest absolute Gasteiger partial charge is 0.0992 e. The molecule has 3 N–H and O–H groups in total. The third-order valence-corrected chi connectivity index (χ3v) is 4.26. The fourth-order valence-corrected chi connectivity index (χ4v) is 3.38. The molecule has 0 aliphatic heterocycles. The molecule has 0 heterocycles. The van der Waals surface area contributed by atoms with Crippen molar-refractivity contribution in [1.82, 2.24) is 0 Å². The number of nitrogens with zero attached hydrogens (tertiary/aromatic N) is 1. The molecule has 2 bridgehead atoms. The summed E-state index contributed by atoms with van der Waals surface area (Å²) in [7, 11) is 0. The summed E-state index contributed by atoms with van der Waals surface area (Å²) >= 11 is 0. The lowest BCUT2D eigenvalue weighted by Crippen LogP contribution is -2.26. The molecule has 2 saturated carbocycles. The van der Waals surface area contributed by atoms with Crippen LogP contribution in [0, 0.1) is 23.2 Å². The zero-order chi connectivity index (χ0) is 11.8. The predicted molar refractivity (Wildman–Crippen MR) is 68.4 cm³/mol. The average molecular weight is 227 g/mol. The first-order chi connectivity index (χ1) is 8.26. The molecule has 2 aliphatic carbocycles. The first kappa shape index (κ1) is 10.5. The number of nitrogen functional groups attached to an aromatic ring is 1. The minimum atomic E-state index is 0.587. The topological polar surface area (TPSA) is 61.8 Å². The Labute approximate surface area is 102 Å². The van der Waals surface area contributed by atoms with E-state index in [-0.39, 0.29) is 0 Å². The number of nitrogens with one attached hydrogen (secondary N) is 1. The molecule has 3 nitrogen and oxygen atoms in total. The lowest BCUT2D eigenvalue weighted by Gasteiger charge is -2.24. The van der Waals surface area contributed by atoms with E-state index in [1.807, 2.05) is 12.1 Å². The van der Waals surface area contributed by atoms with E-state index in [0.717, 1.165) is 17.5 Å². The van der Waals surface area contributed by atoms with E-state index in [1.54, 1.807) is 6.07 Å². The van der Waals surface area contributed by atoms with E-state index in [1.165, 1.54) is 25.7 Å². The summed E-state index contributed by atoms with van der Waals surface area (Å²) in [6, 6.07) is 8.20. The first-order valence-electron chi connectivity index (χ1n) is 6.32. The highest BCUT2D eigenvalue weighted by Crippen LogP contribution is 2.45. The van der Waals surface area contributed by atoms with E-state index in [9.17, 15) is 0 Å². The predicted octanol–water partition coefficient (Wildman–Crippen LogP) is 2.74. The normalized spacial score (nSPS) is 30.2. The van der Waals surface area contributed by atoms with Crippen molar-refractivity contribution in [2.24, 2.45) is 11.8 Å². The first-order valence-corrected chi connectivity index (χ1v) is 6.32. The van der Waals surface area contributed by atoms with E-state index >= 15 is 0 Å². The van der Waals surface area contributed by atoms with Gasteiger partial charge in [-0.25, -0.2) is 0 Å². The number of rotatable bonds is 2. The minimum absolute atomic E-state index is 0.587. The monoisotopic (exact) mass is 227 g/mol. The second-order valence-corrected chi connectivity index (χ2v) is 5.34. The fraction of sp³-hybridized carbons (Fsp3) is 0.500. The molecule has 3 heteroatoms. The van der Waals surface area contributed by atoms with Crippen molar-refractivity contribution in [2.45, 2.75) is 31.7 Å². The van der Waals surface area contributed by atoms with Gasteiger partial charge in [0, 0.05) is 6.04 Å². The number of hydrogen-bond acceptors (Lipinski definition) is 3. The lowest BCUT2D eigenvalue weighted by molar-refractivity contribution is 0.440. The lowest BCUT2D eigenvalue weighted by atomic mass is 9.95. The molecule has 88 valence electrons. The Morgan fingerprint density at radius 2 is 2.18 bits per heavy atom. The van der Waals surface area contributed by atoms with E-state index in [0.29, 0.717) is 17.3 Å². The SMILES string of the molecule is N#Cc1ccc(NC2CC3CCC2C3)c(N)c1. The zero-order valence-corrected chi connectivity index (χ0v) is 9.82. The van der Waals surface area contributed by atoms with E-state index in [4.69, 9.17) is 11.0 Å². The standard InChI is InChI=1S/C14H17N3/c15-8-10-2-4-13(12(16)6-10)17-14-7-9-1-3-11(14)5-9/h2,4,6,9,11,14,17H,1,3,5,7,16H2. The molecule has 0 radical (unpaired) electrons. The molecule has 0 amide bonds. The summed E-state index contributed by atoms with van der Waals surface area (Å²) in [5, 5.41) is 12.4. The van der Waals surface area contributed by atoms with Gasteiger partial charge in [0.15, 0.2) is 0 Å². The van der Waals surface area contributed by atoms with Crippen molar-refractivity contribution >= 4 is 11.4 Å². The molecule has 0 saturated heterocycles. The van der Waals surface area contributed by atoms with Crippen molar-refractivity contribution in [2.75, 3.05) is 11.1 Å². The van der Waals surface area contributed by atoms with Crippen LogP contribution in [-0.2, 0) is 0 Å². The Bertz CT molecular complexity index is 475. The Morgan fingerprint density at radius 1 is 1.29 bits per heavy atom. The van der Waals surface area contributed by atoms with Crippen LogP contribution in [0.5, 0.6) is 0 Å². The van der Waals surface area contributed by atoms with Gasteiger partial charge in [0.2, 0.25) is 0 Å². The second-order valence-electron chi connectivity index (χ2n) is 5.34. The molecule has 1 aromatic rings. The van der Waals surface area contributed by atoms with Crippen LogP contribution >= 0.6 is 0 Å². The van der Waals surface area contributed by atoms with Crippen LogP contribution < -0.4 is 11.1 Å². The van der Waals surface area contributed by atoms with Crippen LogP contribution in [0.4, 0.5) is 11.4 Å². The maximum atomic E-state index is 8.80.